The summed E-state index contributed by atoms with van der Waals surface area (Å²) in [6.07, 6.45) is 6.80. The zero-order valence-electron chi connectivity index (χ0n) is 14.5. The van der Waals surface area contributed by atoms with Gasteiger partial charge in [0.25, 0.3) is 0 Å². The van der Waals surface area contributed by atoms with Gasteiger partial charge in [0.1, 0.15) is 17.8 Å². The van der Waals surface area contributed by atoms with Gasteiger partial charge < -0.3 is 21.4 Å². The van der Waals surface area contributed by atoms with Crippen molar-refractivity contribution in [3.63, 3.8) is 0 Å². The van der Waals surface area contributed by atoms with Gasteiger partial charge >= 0.3 is 0 Å². The minimum absolute atomic E-state index is 0.568. The lowest BCUT2D eigenvalue weighted by molar-refractivity contribution is 1.20. The van der Waals surface area contributed by atoms with E-state index in [0.29, 0.717) is 17.1 Å². The number of hydrogen-bond donors (Lipinski definition) is 4. The molecule has 0 saturated carbocycles. The maximum absolute atomic E-state index is 7.44. The van der Waals surface area contributed by atoms with Gasteiger partial charge in [0.05, 0.1) is 5.39 Å². The lowest BCUT2D eigenvalue weighted by Crippen LogP contribution is -1.98. The van der Waals surface area contributed by atoms with Crippen LogP contribution >= 0.6 is 0 Å². The number of fused-ring (bicyclic) bond motifs is 1. The lowest BCUT2D eigenvalue weighted by atomic mass is 10.1. The highest BCUT2D eigenvalue weighted by atomic mass is 15.0. The molecule has 0 saturated heterocycles. The van der Waals surface area contributed by atoms with Crippen LogP contribution in [0.3, 0.4) is 0 Å². The Morgan fingerprint density at radius 1 is 1.00 bits per heavy atom. The Hall–Kier alpha value is -3.93. The van der Waals surface area contributed by atoms with Gasteiger partial charge in [-0.3, -0.25) is 0 Å². The Morgan fingerprint density at radius 2 is 1.85 bits per heavy atom. The van der Waals surface area contributed by atoms with Crippen LogP contribution in [0.1, 0.15) is 16.8 Å². The first-order valence-electron chi connectivity index (χ1n) is 8.47. The Balaban J connectivity index is 1.65. The number of benzene rings is 2. The second-order valence-corrected chi connectivity index (χ2v) is 6.07. The van der Waals surface area contributed by atoms with E-state index in [1.807, 2.05) is 60.7 Å². The monoisotopic (exact) mass is 354 g/mol. The largest absolute Gasteiger partial charge is 0.398 e. The molecule has 2 aromatic carbocycles. The van der Waals surface area contributed by atoms with Crippen molar-refractivity contribution in [2.45, 2.75) is 0 Å². The predicted molar refractivity (Wildman–Crippen MR) is 111 cm³/mol. The highest BCUT2D eigenvalue weighted by molar-refractivity contribution is 5.93. The molecule has 4 aromatic rings. The molecule has 0 aliphatic heterocycles. The molecule has 0 aliphatic carbocycles. The first-order valence-corrected chi connectivity index (χ1v) is 8.47. The molecule has 0 spiro atoms. The van der Waals surface area contributed by atoms with Crippen LogP contribution in [0.4, 0.5) is 17.2 Å². The molecule has 4 rings (SSSR count). The second kappa shape index (κ2) is 7.13. The van der Waals surface area contributed by atoms with Crippen LogP contribution in [0.5, 0.6) is 0 Å². The molecule has 0 aliphatic rings. The number of nitrogens with one attached hydrogen (secondary N) is 3. The maximum atomic E-state index is 7.44. The van der Waals surface area contributed by atoms with Gasteiger partial charge in [-0.1, -0.05) is 36.4 Å². The average Bonchev–Trinajstić information content (AvgIpc) is 3.13. The SMILES string of the molecule is N=Cc1cc(Nc2ncnc3[nH]c(/C=C/c4ccccc4)cc23)ccc1N. The van der Waals surface area contributed by atoms with E-state index in [9.17, 15) is 0 Å². The zero-order chi connectivity index (χ0) is 18.6. The molecule has 0 atom stereocenters. The van der Waals surface area contributed by atoms with Crippen molar-refractivity contribution < 1.29 is 0 Å². The normalized spacial score (nSPS) is 11.1. The number of rotatable bonds is 5. The number of nitrogen functional groups attached to an aromatic ring is 1. The molecule has 0 fully saturated rings. The van der Waals surface area contributed by atoms with Crippen LogP contribution < -0.4 is 11.1 Å². The minimum atomic E-state index is 0.568. The number of aromatic amines is 1. The van der Waals surface area contributed by atoms with E-state index in [1.54, 1.807) is 6.07 Å². The fraction of sp³-hybridized carbons (Fsp3) is 0. The fourth-order valence-electron chi connectivity index (χ4n) is 2.81. The summed E-state index contributed by atoms with van der Waals surface area (Å²) in [5.41, 5.74) is 10.7. The first-order chi connectivity index (χ1) is 13.2. The van der Waals surface area contributed by atoms with Crippen LogP contribution in [0.25, 0.3) is 23.2 Å². The molecule has 132 valence electrons. The Morgan fingerprint density at radius 3 is 2.67 bits per heavy atom. The van der Waals surface area contributed by atoms with E-state index in [2.05, 4.69) is 20.3 Å². The third-order valence-electron chi connectivity index (χ3n) is 4.21. The van der Waals surface area contributed by atoms with Crippen LogP contribution in [0.2, 0.25) is 0 Å². The summed E-state index contributed by atoms with van der Waals surface area (Å²) >= 11 is 0. The van der Waals surface area contributed by atoms with E-state index >= 15 is 0 Å². The number of nitrogens with zero attached hydrogens (tertiary/aromatic N) is 2. The zero-order valence-corrected chi connectivity index (χ0v) is 14.5. The van der Waals surface area contributed by atoms with Gasteiger partial charge in [-0.05, 0) is 35.9 Å². The number of anilines is 3. The van der Waals surface area contributed by atoms with Gasteiger partial charge in [-0.2, -0.15) is 0 Å². The Bertz CT molecular complexity index is 1130. The summed E-state index contributed by atoms with van der Waals surface area (Å²) in [6, 6.07) is 17.6. The van der Waals surface area contributed by atoms with Crippen molar-refractivity contribution in [3.05, 3.63) is 77.7 Å². The molecule has 6 nitrogen and oxygen atoms in total. The van der Waals surface area contributed by atoms with Crippen molar-refractivity contribution in [2.24, 2.45) is 0 Å². The molecular formula is C21H18N6. The summed E-state index contributed by atoms with van der Waals surface area (Å²) in [5.74, 6) is 0.691. The summed E-state index contributed by atoms with van der Waals surface area (Å²) in [6.45, 7) is 0. The summed E-state index contributed by atoms with van der Waals surface area (Å²) in [4.78, 5) is 12.0. The number of hydrogen-bond acceptors (Lipinski definition) is 5. The topological polar surface area (TPSA) is 103 Å². The minimum Gasteiger partial charge on any atom is -0.398 e. The number of aromatic nitrogens is 3. The molecule has 0 radical (unpaired) electrons. The molecule has 2 heterocycles. The predicted octanol–water partition coefficient (Wildman–Crippen LogP) is 4.45. The van der Waals surface area contributed by atoms with Crippen molar-refractivity contribution in [1.82, 2.24) is 15.0 Å². The quantitative estimate of drug-likeness (QED) is 0.314. The van der Waals surface area contributed by atoms with Crippen LogP contribution in [-0.4, -0.2) is 21.2 Å². The molecule has 2 aromatic heterocycles. The van der Waals surface area contributed by atoms with Crippen molar-refractivity contribution >= 4 is 46.6 Å². The summed E-state index contributed by atoms with van der Waals surface area (Å²) in [5, 5.41) is 11.6. The highest BCUT2D eigenvalue weighted by Crippen LogP contribution is 2.26. The standard InChI is InChI=1S/C21H18N6/c22-12-15-10-16(8-9-19(15)23)26-20-18-11-17(27-21(18)25-13-24-20)7-6-14-4-2-1-3-5-14/h1-13,22H,23H2,(H2,24,25,26,27)/b7-6+,22-12?. The average molecular weight is 354 g/mol. The fourth-order valence-corrected chi connectivity index (χ4v) is 2.81. The van der Waals surface area contributed by atoms with E-state index in [4.69, 9.17) is 11.1 Å². The van der Waals surface area contributed by atoms with E-state index in [-0.39, 0.29) is 0 Å². The van der Waals surface area contributed by atoms with Crippen molar-refractivity contribution in [1.29, 1.82) is 5.41 Å². The third-order valence-corrected chi connectivity index (χ3v) is 4.21. The van der Waals surface area contributed by atoms with Gasteiger partial charge in [0, 0.05) is 28.8 Å². The molecule has 0 unspecified atom stereocenters. The lowest BCUT2D eigenvalue weighted by Gasteiger charge is -2.08. The van der Waals surface area contributed by atoms with Crippen LogP contribution in [0.15, 0.2) is 60.9 Å². The Kier molecular flexibility index (Phi) is 4.37. The van der Waals surface area contributed by atoms with E-state index in [0.717, 1.165) is 28.0 Å². The Labute approximate surface area is 156 Å². The van der Waals surface area contributed by atoms with E-state index in [1.165, 1.54) is 12.5 Å². The smallest absolute Gasteiger partial charge is 0.143 e. The number of nitrogens with two attached hydrogens (primary N) is 1. The maximum Gasteiger partial charge on any atom is 0.143 e. The third kappa shape index (κ3) is 3.55. The molecule has 0 amide bonds. The van der Waals surface area contributed by atoms with Crippen LogP contribution in [0, 0.1) is 5.41 Å². The summed E-state index contributed by atoms with van der Waals surface area (Å²) in [7, 11) is 0. The molecule has 0 bridgehead atoms. The van der Waals surface area contributed by atoms with Crippen molar-refractivity contribution in [3.8, 4) is 0 Å². The molecule has 5 N–H and O–H groups in total. The van der Waals surface area contributed by atoms with Crippen LogP contribution in [-0.2, 0) is 0 Å². The van der Waals surface area contributed by atoms with Gasteiger partial charge in [-0.25, -0.2) is 9.97 Å². The van der Waals surface area contributed by atoms with Gasteiger partial charge in [-0.15, -0.1) is 0 Å². The highest BCUT2D eigenvalue weighted by Gasteiger charge is 2.08. The molecular weight excluding hydrogens is 336 g/mol. The van der Waals surface area contributed by atoms with Gasteiger partial charge in [0.15, 0.2) is 0 Å². The molecule has 27 heavy (non-hydrogen) atoms. The second-order valence-electron chi connectivity index (χ2n) is 6.07. The molecule has 6 heteroatoms. The van der Waals surface area contributed by atoms with Crippen molar-refractivity contribution in [2.75, 3.05) is 11.1 Å². The van der Waals surface area contributed by atoms with Gasteiger partial charge in [0.2, 0.25) is 0 Å². The summed E-state index contributed by atoms with van der Waals surface area (Å²) < 4.78 is 0. The van der Waals surface area contributed by atoms with E-state index < -0.39 is 0 Å². The number of H-pyrrole nitrogens is 1. The first kappa shape index (κ1) is 16.5.